The number of sulfone groups is 1. The quantitative estimate of drug-likeness (QED) is 0.804. The maximum Gasteiger partial charge on any atom is 0.501 e. The molecule has 2 rings (SSSR count). The van der Waals surface area contributed by atoms with E-state index in [9.17, 15) is 26.0 Å². The zero-order valence-electron chi connectivity index (χ0n) is 11.4. The summed E-state index contributed by atoms with van der Waals surface area (Å²) >= 11 is 0. The summed E-state index contributed by atoms with van der Waals surface area (Å²) in [6.45, 7) is -0.0514. The highest BCUT2D eigenvalue weighted by Crippen LogP contribution is 2.35. The Morgan fingerprint density at radius 2 is 2.00 bits per heavy atom. The number of anilines is 2. The van der Waals surface area contributed by atoms with Crippen LogP contribution in [0, 0.1) is 5.82 Å². The van der Waals surface area contributed by atoms with Gasteiger partial charge in [-0.3, -0.25) is 4.68 Å². The Labute approximate surface area is 128 Å². The van der Waals surface area contributed by atoms with Crippen LogP contribution in [-0.2, 0) is 16.4 Å². The van der Waals surface area contributed by atoms with Crippen molar-refractivity contribution in [2.75, 3.05) is 11.9 Å². The molecule has 0 unspecified atom stereocenters. The highest BCUT2D eigenvalue weighted by atomic mass is 32.2. The van der Waals surface area contributed by atoms with Crippen LogP contribution in [0.1, 0.15) is 0 Å². The van der Waals surface area contributed by atoms with Crippen LogP contribution in [0.25, 0.3) is 0 Å². The number of benzene rings is 1. The van der Waals surface area contributed by atoms with E-state index in [2.05, 4.69) is 10.4 Å². The van der Waals surface area contributed by atoms with Crippen molar-refractivity contribution < 1.29 is 31.1 Å². The molecule has 0 radical (unpaired) electrons. The number of nitrogens with zero attached hydrogens (tertiary/aromatic N) is 2. The molecule has 0 fully saturated rings. The van der Waals surface area contributed by atoms with E-state index in [1.807, 2.05) is 0 Å². The molecule has 0 spiro atoms. The van der Waals surface area contributed by atoms with E-state index >= 15 is 0 Å². The molecule has 1 aromatic heterocycles. The lowest BCUT2D eigenvalue weighted by atomic mass is 10.3. The van der Waals surface area contributed by atoms with Gasteiger partial charge in [0, 0.05) is 6.20 Å². The molecule has 0 aliphatic rings. The van der Waals surface area contributed by atoms with Crippen molar-refractivity contribution in [3.63, 3.8) is 0 Å². The van der Waals surface area contributed by atoms with Gasteiger partial charge in [-0.15, -0.1) is 0 Å². The summed E-state index contributed by atoms with van der Waals surface area (Å²) in [5, 5.41) is 15.0. The minimum atomic E-state index is -5.72. The van der Waals surface area contributed by atoms with Gasteiger partial charge >= 0.3 is 5.51 Å². The summed E-state index contributed by atoms with van der Waals surface area (Å²) in [6, 6.07) is 2.01. The van der Waals surface area contributed by atoms with E-state index in [4.69, 9.17) is 5.11 Å². The van der Waals surface area contributed by atoms with E-state index in [0.717, 1.165) is 12.1 Å². The summed E-state index contributed by atoms with van der Waals surface area (Å²) in [6.07, 6.45) is 2.58. The first-order valence-electron chi connectivity index (χ1n) is 6.16. The van der Waals surface area contributed by atoms with E-state index in [0.29, 0.717) is 6.07 Å². The smallest absolute Gasteiger partial charge is 0.394 e. The first-order chi connectivity index (χ1) is 10.6. The maximum atomic E-state index is 13.2. The molecular formula is C12H11F4N3O3S. The van der Waals surface area contributed by atoms with Crippen molar-refractivity contribution in [1.82, 2.24) is 9.78 Å². The number of nitrogens with one attached hydrogen (secondary N) is 1. The SMILES string of the molecule is O=S(=O)(c1cc(F)ccc1Nc1cnn(CCO)c1)C(F)(F)F. The monoisotopic (exact) mass is 353 g/mol. The van der Waals surface area contributed by atoms with E-state index in [-0.39, 0.29) is 18.8 Å². The maximum absolute atomic E-state index is 13.2. The average molecular weight is 353 g/mol. The van der Waals surface area contributed by atoms with Gasteiger partial charge in [-0.25, -0.2) is 12.8 Å². The zero-order valence-corrected chi connectivity index (χ0v) is 12.2. The van der Waals surface area contributed by atoms with Gasteiger partial charge < -0.3 is 10.4 Å². The van der Waals surface area contributed by atoms with Crippen LogP contribution in [0.2, 0.25) is 0 Å². The van der Waals surface area contributed by atoms with Gasteiger partial charge in [0.2, 0.25) is 0 Å². The van der Waals surface area contributed by atoms with Crippen LogP contribution in [-0.4, -0.2) is 35.4 Å². The molecule has 2 aromatic rings. The van der Waals surface area contributed by atoms with Crippen molar-refractivity contribution in [2.45, 2.75) is 16.9 Å². The van der Waals surface area contributed by atoms with Gasteiger partial charge in [0.1, 0.15) is 10.7 Å². The summed E-state index contributed by atoms with van der Waals surface area (Å²) in [5.41, 5.74) is -5.81. The third-order valence-corrected chi connectivity index (χ3v) is 4.31. The highest BCUT2D eigenvalue weighted by molar-refractivity contribution is 7.92. The van der Waals surface area contributed by atoms with Crippen molar-refractivity contribution in [3.05, 3.63) is 36.4 Å². The van der Waals surface area contributed by atoms with E-state index in [1.54, 1.807) is 0 Å². The molecule has 2 N–H and O–H groups in total. The van der Waals surface area contributed by atoms with Crippen molar-refractivity contribution in [3.8, 4) is 0 Å². The third-order valence-electron chi connectivity index (χ3n) is 2.78. The molecule has 11 heteroatoms. The topological polar surface area (TPSA) is 84.2 Å². The zero-order chi connectivity index (χ0) is 17.3. The molecular weight excluding hydrogens is 342 g/mol. The minimum absolute atomic E-state index is 0.152. The number of halogens is 4. The van der Waals surface area contributed by atoms with Crippen molar-refractivity contribution in [2.24, 2.45) is 0 Å². The van der Waals surface area contributed by atoms with Gasteiger partial charge in [-0.05, 0) is 18.2 Å². The average Bonchev–Trinajstić information content (AvgIpc) is 2.87. The lowest BCUT2D eigenvalue weighted by Crippen LogP contribution is -2.24. The number of aliphatic hydroxyl groups excluding tert-OH is 1. The standard InChI is InChI=1S/C12H11F4N3O3S/c13-8-1-2-10(11(5-8)23(21,22)12(14,15)16)18-9-6-17-19(7-9)3-4-20/h1-2,5-7,18,20H,3-4H2. The molecule has 1 aromatic carbocycles. The van der Waals surface area contributed by atoms with Crippen LogP contribution >= 0.6 is 0 Å². The van der Waals surface area contributed by atoms with E-state index < -0.39 is 31.7 Å². The number of hydrogen-bond donors (Lipinski definition) is 2. The van der Waals surface area contributed by atoms with Crippen LogP contribution in [0.5, 0.6) is 0 Å². The summed E-state index contributed by atoms with van der Waals surface area (Å²) in [4.78, 5) is -1.22. The second-order valence-corrected chi connectivity index (χ2v) is 6.34. The van der Waals surface area contributed by atoms with Crippen molar-refractivity contribution in [1.29, 1.82) is 0 Å². The van der Waals surface area contributed by atoms with Crippen LogP contribution in [0.15, 0.2) is 35.5 Å². The molecule has 0 amide bonds. The molecule has 0 aliphatic carbocycles. The predicted molar refractivity (Wildman–Crippen MR) is 72.2 cm³/mol. The molecule has 0 saturated heterocycles. The fourth-order valence-electron chi connectivity index (χ4n) is 1.75. The Bertz CT molecular complexity index is 802. The molecule has 0 bridgehead atoms. The summed E-state index contributed by atoms with van der Waals surface area (Å²) < 4.78 is 75.7. The lowest BCUT2D eigenvalue weighted by molar-refractivity contribution is -0.0435. The number of aliphatic hydroxyl groups is 1. The summed E-state index contributed by atoms with van der Waals surface area (Å²) in [7, 11) is -5.72. The number of aromatic nitrogens is 2. The van der Waals surface area contributed by atoms with Gasteiger partial charge in [0.15, 0.2) is 0 Å². The molecule has 0 saturated carbocycles. The minimum Gasteiger partial charge on any atom is -0.394 e. The second kappa shape index (κ2) is 6.16. The molecule has 23 heavy (non-hydrogen) atoms. The molecule has 0 aliphatic heterocycles. The van der Waals surface area contributed by atoms with Crippen LogP contribution in [0.4, 0.5) is 28.9 Å². The van der Waals surface area contributed by atoms with Crippen LogP contribution in [0.3, 0.4) is 0 Å². The first-order valence-corrected chi connectivity index (χ1v) is 7.64. The summed E-state index contributed by atoms with van der Waals surface area (Å²) in [5.74, 6) is -1.12. The first kappa shape index (κ1) is 17.2. The largest absolute Gasteiger partial charge is 0.501 e. The van der Waals surface area contributed by atoms with Gasteiger partial charge in [-0.2, -0.15) is 18.3 Å². The Morgan fingerprint density at radius 1 is 1.30 bits per heavy atom. The lowest BCUT2D eigenvalue weighted by Gasteiger charge is -2.13. The fraction of sp³-hybridized carbons (Fsp3) is 0.250. The third kappa shape index (κ3) is 3.62. The van der Waals surface area contributed by atoms with Gasteiger partial charge in [-0.1, -0.05) is 0 Å². The normalized spacial score (nSPS) is 12.4. The Kier molecular flexibility index (Phi) is 4.61. The fourth-order valence-corrected chi connectivity index (χ4v) is 2.68. The van der Waals surface area contributed by atoms with Gasteiger partial charge in [0.25, 0.3) is 9.84 Å². The number of hydrogen-bond acceptors (Lipinski definition) is 5. The Morgan fingerprint density at radius 3 is 2.61 bits per heavy atom. The number of rotatable bonds is 5. The Balaban J connectivity index is 2.43. The van der Waals surface area contributed by atoms with Gasteiger partial charge in [0.05, 0.1) is 30.7 Å². The van der Waals surface area contributed by atoms with E-state index in [1.165, 1.54) is 17.1 Å². The van der Waals surface area contributed by atoms with Crippen LogP contribution < -0.4 is 5.32 Å². The highest BCUT2D eigenvalue weighted by Gasteiger charge is 2.48. The predicted octanol–water partition coefficient (Wildman–Crippen LogP) is 2.05. The Hall–Kier alpha value is -2.14. The van der Waals surface area contributed by atoms with Crippen molar-refractivity contribution >= 4 is 21.2 Å². The molecule has 6 nitrogen and oxygen atoms in total. The molecule has 126 valence electrons. The molecule has 0 atom stereocenters. The number of alkyl halides is 3. The molecule has 1 heterocycles. The second-order valence-electron chi connectivity index (χ2n) is 4.43.